The molecule has 0 unspecified atom stereocenters. The van der Waals surface area contributed by atoms with E-state index in [-0.39, 0.29) is 10.5 Å². The van der Waals surface area contributed by atoms with Crippen LogP contribution in [0.5, 0.6) is 0 Å². The van der Waals surface area contributed by atoms with Gasteiger partial charge in [0, 0.05) is 18.0 Å². The molecule has 2 rings (SSSR count). The summed E-state index contributed by atoms with van der Waals surface area (Å²) in [7, 11) is -3.33. The number of anilines is 1. The Bertz CT molecular complexity index is 901. The van der Waals surface area contributed by atoms with Gasteiger partial charge in [0.05, 0.1) is 10.5 Å². The molecule has 0 aromatic heterocycles. The fraction of sp³-hybridized carbons (Fsp3) is 0.118. The fourth-order valence-electron chi connectivity index (χ4n) is 1.96. The molecule has 0 saturated heterocycles. The molecular formula is C17H14F3NO3S. The third-order valence-electron chi connectivity index (χ3n) is 3.19. The van der Waals surface area contributed by atoms with Crippen LogP contribution >= 0.6 is 0 Å². The van der Waals surface area contributed by atoms with Gasteiger partial charge in [-0.1, -0.05) is 12.1 Å². The predicted octanol–water partition coefficient (Wildman–Crippen LogP) is 3.76. The minimum absolute atomic E-state index is 0.116. The molecule has 132 valence electrons. The van der Waals surface area contributed by atoms with Crippen molar-refractivity contribution in [3.63, 3.8) is 0 Å². The number of carbonyl (C=O) groups excluding carboxylic acids is 1. The highest BCUT2D eigenvalue weighted by Gasteiger charge is 2.30. The number of alkyl halides is 3. The van der Waals surface area contributed by atoms with Crippen LogP contribution in [-0.2, 0) is 20.8 Å². The van der Waals surface area contributed by atoms with Crippen molar-refractivity contribution in [3.05, 3.63) is 65.7 Å². The topological polar surface area (TPSA) is 63.2 Å². The number of hydrogen-bond donors (Lipinski definition) is 1. The zero-order valence-electron chi connectivity index (χ0n) is 13.0. The molecule has 0 spiro atoms. The van der Waals surface area contributed by atoms with Gasteiger partial charge >= 0.3 is 6.18 Å². The zero-order chi connectivity index (χ0) is 18.7. The highest BCUT2D eigenvalue weighted by Crippen LogP contribution is 2.29. The van der Waals surface area contributed by atoms with Crippen LogP contribution in [0.1, 0.15) is 11.1 Å². The minimum Gasteiger partial charge on any atom is -0.323 e. The Hall–Kier alpha value is -2.61. The van der Waals surface area contributed by atoms with E-state index in [0.717, 1.165) is 24.5 Å². The van der Waals surface area contributed by atoms with Crippen LogP contribution in [0.15, 0.2) is 59.5 Å². The fourth-order valence-corrected chi connectivity index (χ4v) is 2.59. The Labute approximate surface area is 142 Å². The summed E-state index contributed by atoms with van der Waals surface area (Å²) in [5.41, 5.74) is -0.199. The van der Waals surface area contributed by atoms with Crippen molar-refractivity contribution in [3.8, 4) is 0 Å². The van der Waals surface area contributed by atoms with Crippen LogP contribution < -0.4 is 5.32 Å². The number of benzene rings is 2. The minimum atomic E-state index is -4.45. The zero-order valence-corrected chi connectivity index (χ0v) is 13.9. The quantitative estimate of drug-likeness (QED) is 0.835. The molecule has 0 aliphatic rings. The molecule has 0 saturated carbocycles. The van der Waals surface area contributed by atoms with Gasteiger partial charge in [0.15, 0.2) is 9.84 Å². The van der Waals surface area contributed by atoms with E-state index in [9.17, 15) is 26.4 Å². The van der Waals surface area contributed by atoms with Gasteiger partial charge in [-0.05, 0) is 48.0 Å². The molecule has 1 amide bonds. The molecular weight excluding hydrogens is 355 g/mol. The van der Waals surface area contributed by atoms with Crippen LogP contribution in [0.2, 0.25) is 0 Å². The molecule has 0 bridgehead atoms. The summed E-state index contributed by atoms with van der Waals surface area (Å²) in [6, 6.07) is 10.1. The van der Waals surface area contributed by atoms with Gasteiger partial charge in [-0.25, -0.2) is 8.42 Å². The summed E-state index contributed by atoms with van der Waals surface area (Å²) in [6.07, 6.45) is -1.03. The van der Waals surface area contributed by atoms with E-state index >= 15 is 0 Å². The van der Waals surface area contributed by atoms with Crippen molar-refractivity contribution < 1.29 is 26.4 Å². The van der Waals surface area contributed by atoms with Gasteiger partial charge in [-0.15, -0.1) is 0 Å². The van der Waals surface area contributed by atoms with E-state index in [1.165, 1.54) is 42.5 Å². The van der Waals surface area contributed by atoms with Crippen molar-refractivity contribution >= 4 is 27.5 Å². The largest absolute Gasteiger partial charge is 0.416 e. The van der Waals surface area contributed by atoms with Crippen LogP contribution in [-0.4, -0.2) is 20.6 Å². The van der Waals surface area contributed by atoms with Gasteiger partial charge in [-0.2, -0.15) is 13.2 Å². The van der Waals surface area contributed by atoms with Crippen molar-refractivity contribution in [2.45, 2.75) is 11.1 Å². The Morgan fingerprint density at radius 2 is 1.72 bits per heavy atom. The molecule has 0 heterocycles. The van der Waals surface area contributed by atoms with Gasteiger partial charge < -0.3 is 5.32 Å². The first kappa shape index (κ1) is 18.7. The van der Waals surface area contributed by atoms with Crippen molar-refractivity contribution in [1.82, 2.24) is 0 Å². The molecule has 2 aromatic rings. The molecule has 25 heavy (non-hydrogen) atoms. The van der Waals surface area contributed by atoms with Gasteiger partial charge in [-0.3, -0.25) is 4.79 Å². The third-order valence-corrected chi connectivity index (χ3v) is 4.32. The number of hydrogen-bond acceptors (Lipinski definition) is 3. The molecule has 1 N–H and O–H groups in total. The monoisotopic (exact) mass is 369 g/mol. The van der Waals surface area contributed by atoms with Gasteiger partial charge in [0.2, 0.25) is 5.91 Å². The highest BCUT2D eigenvalue weighted by molar-refractivity contribution is 7.90. The number of nitrogens with one attached hydrogen (secondary N) is 1. The maximum atomic E-state index is 12.6. The second-order valence-electron chi connectivity index (χ2n) is 5.24. The standard InChI is InChI=1S/C17H14F3NO3S/c1-25(23,24)15-8-6-14(7-9-15)21-16(22)10-5-12-3-2-4-13(11-12)17(18,19)20/h2-11H,1H3,(H,21,22)/b10-5+. The van der Waals surface area contributed by atoms with Crippen molar-refractivity contribution in [2.24, 2.45) is 0 Å². The SMILES string of the molecule is CS(=O)(=O)c1ccc(NC(=O)/C=C/c2cccc(C(F)(F)F)c2)cc1. The van der Waals surface area contributed by atoms with E-state index < -0.39 is 27.5 Å². The van der Waals surface area contributed by atoms with Crippen LogP contribution in [0.25, 0.3) is 6.08 Å². The first-order valence-electron chi connectivity index (χ1n) is 7.02. The maximum absolute atomic E-state index is 12.6. The normalized spacial score (nSPS) is 12.3. The third kappa shape index (κ3) is 5.46. The maximum Gasteiger partial charge on any atom is 0.416 e. The predicted molar refractivity (Wildman–Crippen MR) is 88.7 cm³/mol. The molecule has 0 fully saturated rings. The lowest BCUT2D eigenvalue weighted by atomic mass is 10.1. The molecule has 0 radical (unpaired) electrons. The van der Waals surface area contributed by atoms with Crippen LogP contribution in [0.3, 0.4) is 0 Å². The average Bonchev–Trinajstić information content (AvgIpc) is 2.52. The number of halogens is 3. The Morgan fingerprint density at radius 1 is 1.08 bits per heavy atom. The Kier molecular flexibility index (Phi) is 5.32. The van der Waals surface area contributed by atoms with E-state index in [2.05, 4.69) is 5.32 Å². The van der Waals surface area contributed by atoms with Crippen LogP contribution in [0.4, 0.5) is 18.9 Å². The lowest BCUT2D eigenvalue weighted by molar-refractivity contribution is -0.137. The van der Waals surface area contributed by atoms with E-state index in [1.807, 2.05) is 0 Å². The first-order chi connectivity index (χ1) is 11.6. The lowest BCUT2D eigenvalue weighted by Gasteiger charge is -2.06. The number of carbonyl (C=O) groups is 1. The summed E-state index contributed by atoms with van der Waals surface area (Å²) in [5, 5.41) is 2.49. The molecule has 4 nitrogen and oxygen atoms in total. The number of sulfone groups is 1. The second-order valence-corrected chi connectivity index (χ2v) is 7.26. The Balaban J connectivity index is 2.06. The molecule has 0 aliphatic heterocycles. The summed E-state index contributed by atoms with van der Waals surface area (Å²) in [6.45, 7) is 0. The summed E-state index contributed by atoms with van der Waals surface area (Å²) < 4.78 is 60.6. The summed E-state index contributed by atoms with van der Waals surface area (Å²) in [4.78, 5) is 11.9. The lowest BCUT2D eigenvalue weighted by Crippen LogP contribution is -2.08. The molecule has 2 aromatic carbocycles. The number of rotatable bonds is 4. The molecule has 8 heteroatoms. The summed E-state index contributed by atoms with van der Waals surface area (Å²) in [5.74, 6) is -0.551. The second kappa shape index (κ2) is 7.10. The Morgan fingerprint density at radius 3 is 2.28 bits per heavy atom. The van der Waals surface area contributed by atoms with Crippen molar-refractivity contribution in [2.75, 3.05) is 11.6 Å². The van der Waals surface area contributed by atoms with Crippen molar-refractivity contribution in [1.29, 1.82) is 0 Å². The van der Waals surface area contributed by atoms with E-state index in [1.54, 1.807) is 0 Å². The van der Waals surface area contributed by atoms with Gasteiger partial charge in [0.25, 0.3) is 0 Å². The molecule has 0 atom stereocenters. The van der Waals surface area contributed by atoms with E-state index in [0.29, 0.717) is 5.69 Å². The number of amides is 1. The van der Waals surface area contributed by atoms with E-state index in [4.69, 9.17) is 0 Å². The highest BCUT2D eigenvalue weighted by atomic mass is 32.2. The summed E-state index contributed by atoms with van der Waals surface area (Å²) >= 11 is 0. The van der Waals surface area contributed by atoms with Gasteiger partial charge in [0.1, 0.15) is 0 Å². The van der Waals surface area contributed by atoms with Crippen LogP contribution in [0, 0.1) is 0 Å². The smallest absolute Gasteiger partial charge is 0.323 e. The average molecular weight is 369 g/mol. The molecule has 0 aliphatic carbocycles. The first-order valence-corrected chi connectivity index (χ1v) is 8.91.